The van der Waals surface area contributed by atoms with Crippen molar-refractivity contribution in [3.05, 3.63) is 66.0 Å². The molecule has 2 N–H and O–H groups in total. The second-order valence-corrected chi connectivity index (χ2v) is 6.07. The van der Waals surface area contributed by atoms with E-state index in [1.807, 2.05) is 6.07 Å². The van der Waals surface area contributed by atoms with E-state index in [0.29, 0.717) is 30.7 Å². The molecule has 2 atom stereocenters. The Kier molecular flexibility index (Phi) is 5.26. The lowest BCUT2D eigenvalue weighted by atomic mass is 9.89. The largest absolute Gasteiger partial charge is 0.492 e. The second kappa shape index (κ2) is 7.57. The van der Waals surface area contributed by atoms with Crippen molar-refractivity contribution in [1.29, 1.82) is 0 Å². The van der Waals surface area contributed by atoms with E-state index in [9.17, 15) is 4.39 Å². The van der Waals surface area contributed by atoms with Crippen LogP contribution in [0.5, 0.6) is 5.75 Å². The Bertz CT molecular complexity index is 603. The minimum atomic E-state index is -0.242. The van der Waals surface area contributed by atoms with Crippen LogP contribution in [0.4, 0.5) is 4.39 Å². The van der Waals surface area contributed by atoms with Crippen LogP contribution in [0.3, 0.4) is 0 Å². The van der Waals surface area contributed by atoms with Gasteiger partial charge in [0, 0.05) is 25.6 Å². The molecule has 0 spiro atoms. The summed E-state index contributed by atoms with van der Waals surface area (Å²) in [5.41, 5.74) is 7.33. The maximum atomic E-state index is 12.9. The Morgan fingerprint density at radius 3 is 2.48 bits per heavy atom. The molecule has 3 nitrogen and oxygen atoms in total. The predicted octanol–water partition coefficient (Wildman–Crippen LogP) is 2.88. The molecule has 0 unspecified atom stereocenters. The van der Waals surface area contributed by atoms with Crippen LogP contribution < -0.4 is 10.5 Å². The number of nitrogens with zero attached hydrogens (tertiary/aromatic N) is 1. The zero-order valence-electron chi connectivity index (χ0n) is 13.2. The molecule has 122 valence electrons. The highest BCUT2D eigenvalue weighted by atomic mass is 19.1. The van der Waals surface area contributed by atoms with E-state index in [4.69, 9.17) is 10.5 Å². The van der Waals surface area contributed by atoms with Crippen LogP contribution in [0.1, 0.15) is 11.5 Å². The first kappa shape index (κ1) is 16.0. The standard InChI is InChI=1S/C19H23FN2O/c20-17-6-8-18(9-7-17)23-11-10-22-13-16(12-21)19(14-22)15-4-2-1-3-5-15/h1-9,16,19H,10-14,21H2/t16-,19+/m1/s1. The van der Waals surface area contributed by atoms with Crippen LogP contribution in [-0.4, -0.2) is 37.7 Å². The normalized spacial score (nSPS) is 21.5. The Balaban J connectivity index is 1.52. The van der Waals surface area contributed by atoms with Crippen molar-refractivity contribution in [2.45, 2.75) is 5.92 Å². The number of benzene rings is 2. The fourth-order valence-electron chi connectivity index (χ4n) is 3.28. The lowest BCUT2D eigenvalue weighted by Crippen LogP contribution is -2.27. The van der Waals surface area contributed by atoms with Crippen molar-refractivity contribution in [3.8, 4) is 5.75 Å². The molecule has 1 aliphatic rings. The molecule has 1 saturated heterocycles. The Hall–Kier alpha value is -1.91. The zero-order chi connectivity index (χ0) is 16.1. The van der Waals surface area contributed by atoms with Gasteiger partial charge in [-0.3, -0.25) is 4.90 Å². The average molecular weight is 314 g/mol. The van der Waals surface area contributed by atoms with Crippen LogP contribution in [0.15, 0.2) is 54.6 Å². The summed E-state index contributed by atoms with van der Waals surface area (Å²) in [7, 11) is 0. The Morgan fingerprint density at radius 1 is 1.04 bits per heavy atom. The molecule has 0 amide bonds. The van der Waals surface area contributed by atoms with Crippen molar-refractivity contribution in [1.82, 2.24) is 4.90 Å². The van der Waals surface area contributed by atoms with E-state index in [0.717, 1.165) is 19.6 Å². The Morgan fingerprint density at radius 2 is 1.78 bits per heavy atom. The number of hydrogen-bond acceptors (Lipinski definition) is 3. The fourth-order valence-corrected chi connectivity index (χ4v) is 3.28. The number of nitrogens with two attached hydrogens (primary N) is 1. The molecule has 2 aromatic carbocycles. The molecule has 0 saturated carbocycles. The van der Waals surface area contributed by atoms with Gasteiger partial charge in [0.1, 0.15) is 18.2 Å². The summed E-state index contributed by atoms with van der Waals surface area (Å²) < 4.78 is 18.6. The Labute approximate surface area is 136 Å². The maximum absolute atomic E-state index is 12.9. The van der Waals surface area contributed by atoms with Crippen molar-refractivity contribution in [3.63, 3.8) is 0 Å². The molecule has 2 aromatic rings. The number of ether oxygens (including phenoxy) is 1. The highest BCUT2D eigenvalue weighted by Gasteiger charge is 2.32. The van der Waals surface area contributed by atoms with Crippen molar-refractivity contribution in [2.24, 2.45) is 11.7 Å². The summed E-state index contributed by atoms with van der Waals surface area (Å²) in [6.07, 6.45) is 0. The quantitative estimate of drug-likeness (QED) is 0.891. The second-order valence-electron chi connectivity index (χ2n) is 6.07. The van der Waals surface area contributed by atoms with Gasteiger partial charge in [-0.2, -0.15) is 0 Å². The van der Waals surface area contributed by atoms with E-state index in [-0.39, 0.29) is 5.82 Å². The topological polar surface area (TPSA) is 38.5 Å². The number of hydrogen-bond donors (Lipinski definition) is 1. The molecule has 0 bridgehead atoms. The summed E-state index contributed by atoms with van der Waals surface area (Å²) in [5.74, 6) is 1.45. The minimum Gasteiger partial charge on any atom is -0.492 e. The van der Waals surface area contributed by atoms with Gasteiger partial charge in [-0.1, -0.05) is 30.3 Å². The van der Waals surface area contributed by atoms with E-state index < -0.39 is 0 Å². The lowest BCUT2D eigenvalue weighted by molar-refractivity contribution is 0.232. The highest BCUT2D eigenvalue weighted by molar-refractivity contribution is 5.23. The number of likely N-dealkylation sites (tertiary alicyclic amines) is 1. The van der Waals surface area contributed by atoms with Crippen molar-refractivity contribution < 1.29 is 9.13 Å². The van der Waals surface area contributed by atoms with Gasteiger partial charge in [0.15, 0.2) is 0 Å². The maximum Gasteiger partial charge on any atom is 0.123 e. The van der Waals surface area contributed by atoms with E-state index in [2.05, 4.69) is 29.2 Å². The molecule has 0 aromatic heterocycles. The highest BCUT2D eigenvalue weighted by Crippen LogP contribution is 2.31. The van der Waals surface area contributed by atoms with Crippen molar-refractivity contribution in [2.75, 3.05) is 32.8 Å². The summed E-state index contributed by atoms with van der Waals surface area (Å²) in [5, 5.41) is 0. The molecule has 0 radical (unpaired) electrons. The first-order chi connectivity index (χ1) is 11.3. The van der Waals surface area contributed by atoms with E-state index >= 15 is 0 Å². The molecule has 4 heteroatoms. The van der Waals surface area contributed by atoms with Gasteiger partial charge in [0.05, 0.1) is 0 Å². The lowest BCUT2D eigenvalue weighted by Gasteiger charge is -2.17. The third kappa shape index (κ3) is 4.09. The van der Waals surface area contributed by atoms with Gasteiger partial charge in [0.25, 0.3) is 0 Å². The molecule has 23 heavy (non-hydrogen) atoms. The summed E-state index contributed by atoms with van der Waals surface area (Å²) in [4.78, 5) is 2.40. The van der Waals surface area contributed by atoms with E-state index in [1.165, 1.54) is 17.7 Å². The minimum absolute atomic E-state index is 0.242. The third-order valence-electron chi connectivity index (χ3n) is 4.54. The SMILES string of the molecule is NC[C@@H]1CN(CCOc2ccc(F)cc2)C[C@H]1c1ccccc1. The zero-order valence-corrected chi connectivity index (χ0v) is 13.2. The third-order valence-corrected chi connectivity index (χ3v) is 4.54. The molecule has 1 aliphatic heterocycles. The van der Waals surface area contributed by atoms with Gasteiger partial charge in [0.2, 0.25) is 0 Å². The average Bonchev–Trinajstić information content (AvgIpc) is 3.01. The van der Waals surface area contributed by atoms with Crippen LogP contribution in [0, 0.1) is 11.7 Å². The predicted molar refractivity (Wildman–Crippen MR) is 90.1 cm³/mol. The fraction of sp³-hybridized carbons (Fsp3) is 0.368. The number of rotatable bonds is 6. The summed E-state index contributed by atoms with van der Waals surface area (Å²) in [6.45, 7) is 4.18. The van der Waals surface area contributed by atoms with Crippen LogP contribution in [0.2, 0.25) is 0 Å². The van der Waals surface area contributed by atoms with Gasteiger partial charge in [-0.05, 0) is 42.3 Å². The van der Waals surface area contributed by atoms with Gasteiger partial charge in [-0.25, -0.2) is 4.39 Å². The molecule has 3 rings (SSSR count). The first-order valence-electron chi connectivity index (χ1n) is 8.12. The molecular formula is C19H23FN2O. The van der Waals surface area contributed by atoms with Crippen LogP contribution in [0.25, 0.3) is 0 Å². The van der Waals surface area contributed by atoms with E-state index in [1.54, 1.807) is 12.1 Å². The molecule has 0 aliphatic carbocycles. The first-order valence-corrected chi connectivity index (χ1v) is 8.12. The van der Waals surface area contributed by atoms with Crippen LogP contribution >= 0.6 is 0 Å². The van der Waals surface area contributed by atoms with Gasteiger partial charge in [-0.15, -0.1) is 0 Å². The smallest absolute Gasteiger partial charge is 0.123 e. The monoisotopic (exact) mass is 314 g/mol. The van der Waals surface area contributed by atoms with Gasteiger partial charge >= 0.3 is 0 Å². The molecular weight excluding hydrogens is 291 g/mol. The van der Waals surface area contributed by atoms with Crippen LogP contribution in [-0.2, 0) is 0 Å². The summed E-state index contributed by atoms with van der Waals surface area (Å²) >= 11 is 0. The molecule has 1 heterocycles. The molecule has 1 fully saturated rings. The summed E-state index contributed by atoms with van der Waals surface area (Å²) in [6, 6.07) is 16.8. The number of halogens is 1. The van der Waals surface area contributed by atoms with Gasteiger partial charge < -0.3 is 10.5 Å². The van der Waals surface area contributed by atoms with Crippen molar-refractivity contribution >= 4 is 0 Å².